The van der Waals surface area contributed by atoms with Crippen LogP contribution in [0.3, 0.4) is 0 Å². The van der Waals surface area contributed by atoms with Crippen molar-refractivity contribution in [1.29, 1.82) is 0 Å². The van der Waals surface area contributed by atoms with Gasteiger partial charge < -0.3 is 0 Å². The average Bonchev–Trinajstić information content (AvgIpc) is 2.29. The van der Waals surface area contributed by atoms with E-state index in [1.54, 1.807) is 0 Å². The Morgan fingerprint density at radius 3 is 2.00 bits per heavy atom. The van der Waals surface area contributed by atoms with Crippen LogP contribution in [0.5, 0.6) is 0 Å². The molecule has 0 N–H and O–H groups in total. The van der Waals surface area contributed by atoms with Crippen LogP contribution in [0.2, 0.25) is 0 Å². The Bertz CT molecular complexity index is 467. The smallest absolute Gasteiger partial charge is 0.281 e. The number of halogens is 4. The first-order valence-corrected chi connectivity index (χ1v) is 7.96. The number of hydrogen-bond donors (Lipinski definition) is 0. The molecule has 11 heteroatoms. The average molecular weight is 340 g/mol. The summed E-state index contributed by atoms with van der Waals surface area (Å²) in [4.78, 5) is 0. The molecule has 0 saturated heterocycles. The fraction of sp³-hybridized carbons (Fsp3) is 0.556. The molecule has 20 heavy (non-hydrogen) atoms. The second kappa shape index (κ2) is 10.0. The van der Waals surface area contributed by atoms with E-state index < -0.39 is 45.1 Å². The molecule has 0 aliphatic heterocycles. The van der Waals surface area contributed by atoms with Crippen LogP contribution in [-0.2, 0) is 29.6 Å². The van der Waals surface area contributed by atoms with Gasteiger partial charge in [-0.3, -0.25) is 8.37 Å². The summed E-state index contributed by atoms with van der Waals surface area (Å²) in [5.41, 5.74) is 0. The summed E-state index contributed by atoms with van der Waals surface area (Å²) >= 11 is -2.27. The Morgan fingerprint density at radius 2 is 1.50 bits per heavy atom. The van der Waals surface area contributed by atoms with E-state index in [9.17, 15) is 30.2 Å². The highest BCUT2D eigenvalue weighted by molar-refractivity contribution is 8.00. The highest BCUT2D eigenvalue weighted by Gasteiger charge is 2.16. The largest absolute Gasteiger partial charge is 0.289 e. The van der Waals surface area contributed by atoms with Crippen molar-refractivity contribution >= 4 is 21.2 Å². The molecule has 0 aromatic carbocycles. The molecule has 0 bridgehead atoms. The van der Waals surface area contributed by atoms with Crippen molar-refractivity contribution in [2.45, 2.75) is 12.8 Å². The molecular formula is C9H12F4O5S2. The molecule has 0 radical (unpaired) electrons. The fourth-order valence-electron chi connectivity index (χ4n) is 0.838. The lowest BCUT2D eigenvalue weighted by molar-refractivity contribution is 0.320. The molecule has 0 aliphatic carbocycles. The molecule has 1 unspecified atom stereocenters. The minimum atomic E-state index is -4.20. The summed E-state index contributed by atoms with van der Waals surface area (Å²) in [5, 5.41) is -1.00. The topological polar surface area (TPSA) is 69.7 Å². The summed E-state index contributed by atoms with van der Waals surface area (Å²) in [6, 6.07) is 0. The van der Waals surface area contributed by atoms with E-state index in [1.165, 1.54) is 0 Å². The monoisotopic (exact) mass is 340 g/mol. The molecule has 0 amide bonds. The van der Waals surface area contributed by atoms with E-state index in [0.717, 1.165) is 0 Å². The van der Waals surface area contributed by atoms with Crippen LogP contribution >= 0.6 is 0 Å². The lowest BCUT2D eigenvalue weighted by atomic mass is 10.4. The summed E-state index contributed by atoms with van der Waals surface area (Å²) < 4.78 is 88.8. The molecular weight excluding hydrogens is 328 g/mol. The van der Waals surface area contributed by atoms with E-state index in [4.69, 9.17) is 0 Å². The van der Waals surface area contributed by atoms with E-state index >= 15 is 0 Å². The third-order valence-electron chi connectivity index (χ3n) is 1.55. The summed E-state index contributed by atoms with van der Waals surface area (Å²) in [6.07, 6.45) is -3.44. The zero-order valence-electron chi connectivity index (χ0n) is 10.1. The van der Waals surface area contributed by atoms with Crippen LogP contribution in [0.25, 0.3) is 0 Å². The fourth-order valence-corrected chi connectivity index (χ4v) is 2.96. The lowest BCUT2D eigenvalue weighted by Gasteiger charge is -2.04. The van der Waals surface area contributed by atoms with Crippen molar-refractivity contribution in [2.75, 3.05) is 18.3 Å². The van der Waals surface area contributed by atoms with Gasteiger partial charge in [-0.1, -0.05) is 0 Å². The van der Waals surface area contributed by atoms with Gasteiger partial charge in [-0.25, -0.2) is 4.21 Å². The highest BCUT2D eigenvalue weighted by Crippen LogP contribution is 2.04. The number of hydrogen-bond acceptors (Lipinski definition) is 5. The predicted molar refractivity (Wildman–Crippen MR) is 63.7 cm³/mol. The van der Waals surface area contributed by atoms with Gasteiger partial charge in [0.1, 0.15) is 0 Å². The maximum absolute atomic E-state index is 11.6. The molecule has 0 aliphatic rings. The zero-order chi connectivity index (χ0) is 15.6. The quantitative estimate of drug-likeness (QED) is 0.347. The van der Waals surface area contributed by atoms with Crippen molar-refractivity contribution in [3.63, 3.8) is 0 Å². The first-order chi connectivity index (χ1) is 9.23. The molecule has 5 nitrogen and oxygen atoms in total. The van der Waals surface area contributed by atoms with Crippen LogP contribution in [0, 0.1) is 0 Å². The minimum Gasteiger partial charge on any atom is -0.289 e. The van der Waals surface area contributed by atoms with Crippen LogP contribution in [0.1, 0.15) is 12.8 Å². The number of rotatable bonds is 10. The second-order valence-corrected chi connectivity index (χ2v) is 6.33. The van der Waals surface area contributed by atoms with Gasteiger partial charge in [0.15, 0.2) is 16.2 Å². The molecule has 0 spiro atoms. The van der Waals surface area contributed by atoms with Crippen molar-refractivity contribution in [1.82, 2.24) is 0 Å². The van der Waals surface area contributed by atoms with Crippen LogP contribution in [0.4, 0.5) is 17.6 Å². The first kappa shape index (κ1) is 19.2. The van der Waals surface area contributed by atoms with E-state index in [-0.39, 0.29) is 19.4 Å². The zero-order valence-corrected chi connectivity index (χ0v) is 11.7. The van der Waals surface area contributed by atoms with E-state index in [0.29, 0.717) is 12.2 Å². The molecule has 0 rings (SSSR count). The van der Waals surface area contributed by atoms with Crippen molar-refractivity contribution < 1.29 is 38.6 Å². The van der Waals surface area contributed by atoms with Gasteiger partial charge in [0, 0.05) is 0 Å². The predicted octanol–water partition coefficient (Wildman–Crippen LogP) is 2.31. The van der Waals surface area contributed by atoms with Gasteiger partial charge in [0.05, 0.1) is 13.2 Å². The molecule has 0 heterocycles. The Balaban J connectivity index is 3.98. The maximum atomic E-state index is 11.6. The Hall–Kier alpha value is -0.780. The van der Waals surface area contributed by atoms with Gasteiger partial charge in [-0.2, -0.15) is 26.0 Å². The maximum Gasteiger partial charge on any atom is 0.281 e. The van der Waals surface area contributed by atoms with Crippen molar-refractivity contribution in [2.24, 2.45) is 0 Å². The van der Waals surface area contributed by atoms with Gasteiger partial charge in [0.25, 0.3) is 22.3 Å². The van der Waals surface area contributed by atoms with Gasteiger partial charge in [0.2, 0.25) is 0 Å². The Kier molecular flexibility index (Phi) is 9.63. The normalized spacial score (nSPS) is 12.8. The minimum absolute atomic E-state index is 0.227. The van der Waals surface area contributed by atoms with Crippen LogP contribution in [0.15, 0.2) is 24.3 Å². The third kappa shape index (κ3) is 12.3. The van der Waals surface area contributed by atoms with Crippen LogP contribution in [-0.4, -0.2) is 30.9 Å². The van der Waals surface area contributed by atoms with Gasteiger partial charge >= 0.3 is 0 Å². The van der Waals surface area contributed by atoms with E-state index in [2.05, 4.69) is 8.37 Å². The molecule has 0 aromatic rings. The van der Waals surface area contributed by atoms with E-state index in [1.807, 2.05) is 0 Å². The standard InChI is InChI=1S/C9H12F4O5S2/c10-8(11)3-1-5-17-19(14)7-20(15,16)18-6-2-4-9(12)13/h3-4H,1-2,5-7H2. The summed E-state index contributed by atoms with van der Waals surface area (Å²) in [5.74, 6) is 0. The molecule has 1 atom stereocenters. The van der Waals surface area contributed by atoms with Crippen molar-refractivity contribution in [3.8, 4) is 0 Å². The Morgan fingerprint density at radius 1 is 1.00 bits per heavy atom. The van der Waals surface area contributed by atoms with Crippen LogP contribution < -0.4 is 0 Å². The molecule has 0 fully saturated rings. The van der Waals surface area contributed by atoms with Gasteiger partial charge in [-0.15, -0.1) is 0 Å². The third-order valence-corrected chi connectivity index (χ3v) is 4.43. The first-order valence-electron chi connectivity index (χ1n) is 5.14. The molecule has 118 valence electrons. The summed E-state index contributed by atoms with van der Waals surface area (Å²) in [7, 11) is -4.20. The van der Waals surface area contributed by atoms with Gasteiger partial charge in [-0.05, 0) is 25.0 Å². The SMILES string of the molecule is O=S(CS(=O)(=O)OCCC=C(F)F)OCCC=C(F)F. The second-order valence-electron chi connectivity index (χ2n) is 3.19. The Labute approximate surface area is 116 Å². The molecule has 0 saturated carbocycles. The molecule has 0 aromatic heterocycles. The lowest BCUT2D eigenvalue weighted by Crippen LogP contribution is -2.17. The summed E-state index contributed by atoms with van der Waals surface area (Å²) in [6.45, 7) is -0.873. The highest BCUT2D eigenvalue weighted by atomic mass is 32.3. The van der Waals surface area contributed by atoms with Crippen molar-refractivity contribution in [3.05, 3.63) is 24.3 Å².